The number of rotatable bonds is 7. The number of aryl methyl sites for hydroxylation is 1. The van der Waals surface area contributed by atoms with Crippen molar-refractivity contribution in [1.82, 2.24) is 5.32 Å². The molecule has 0 spiro atoms. The highest BCUT2D eigenvalue weighted by Crippen LogP contribution is 2.29. The van der Waals surface area contributed by atoms with Gasteiger partial charge in [0.1, 0.15) is 12.3 Å². The van der Waals surface area contributed by atoms with Gasteiger partial charge < -0.3 is 19.9 Å². The molecule has 2 N–H and O–H groups in total. The number of carbonyl (C=O) groups is 2. The first-order valence-electron chi connectivity index (χ1n) is 7.98. The lowest BCUT2D eigenvalue weighted by Gasteiger charge is -2.12. The topological polar surface area (TPSA) is 84.9 Å². The average molecular weight is 355 g/mol. The third-order valence-corrected chi connectivity index (χ3v) is 3.55. The first-order valence-corrected chi connectivity index (χ1v) is 7.98. The summed E-state index contributed by atoms with van der Waals surface area (Å²) in [5, 5.41) is 11.4. The molecule has 0 saturated carbocycles. The molecule has 2 aromatic rings. The van der Waals surface area contributed by atoms with Gasteiger partial charge in [0.05, 0.1) is 7.11 Å². The van der Waals surface area contributed by atoms with E-state index in [-0.39, 0.29) is 5.70 Å². The Bertz CT molecular complexity index is 825. The van der Waals surface area contributed by atoms with E-state index in [1.807, 2.05) is 31.2 Å². The predicted molar refractivity (Wildman–Crippen MR) is 97.9 cm³/mol. The number of methoxy groups -OCH3 is 1. The molecule has 0 radical (unpaired) electrons. The van der Waals surface area contributed by atoms with Gasteiger partial charge in [-0.05, 0) is 36.3 Å². The second-order valence-electron chi connectivity index (χ2n) is 5.73. The van der Waals surface area contributed by atoms with Crippen LogP contribution in [0.1, 0.15) is 23.6 Å². The van der Waals surface area contributed by atoms with Gasteiger partial charge in [-0.1, -0.05) is 35.9 Å². The maximum absolute atomic E-state index is 11.2. The van der Waals surface area contributed by atoms with Crippen LogP contribution in [0.2, 0.25) is 0 Å². The fourth-order valence-electron chi connectivity index (χ4n) is 2.25. The van der Waals surface area contributed by atoms with Gasteiger partial charge in [0.25, 0.3) is 0 Å². The molecule has 2 aromatic carbocycles. The van der Waals surface area contributed by atoms with E-state index in [0.29, 0.717) is 23.7 Å². The van der Waals surface area contributed by atoms with Gasteiger partial charge in [0.2, 0.25) is 5.91 Å². The van der Waals surface area contributed by atoms with E-state index < -0.39 is 11.9 Å². The summed E-state index contributed by atoms with van der Waals surface area (Å²) in [4.78, 5) is 22.3. The molecule has 26 heavy (non-hydrogen) atoms. The summed E-state index contributed by atoms with van der Waals surface area (Å²) >= 11 is 0. The summed E-state index contributed by atoms with van der Waals surface area (Å²) in [6, 6.07) is 13.1. The average Bonchev–Trinajstić information content (AvgIpc) is 2.60. The number of aliphatic carboxylic acids is 1. The Hall–Kier alpha value is -3.28. The Morgan fingerprint density at radius 3 is 2.38 bits per heavy atom. The zero-order valence-electron chi connectivity index (χ0n) is 14.9. The Labute approximate surface area is 152 Å². The molecule has 136 valence electrons. The molecule has 0 heterocycles. The molecular formula is C20H21NO5. The van der Waals surface area contributed by atoms with Crippen LogP contribution in [-0.2, 0) is 16.2 Å². The van der Waals surface area contributed by atoms with Crippen molar-refractivity contribution in [2.45, 2.75) is 20.5 Å². The van der Waals surface area contributed by atoms with E-state index >= 15 is 0 Å². The Morgan fingerprint density at radius 1 is 1.12 bits per heavy atom. The van der Waals surface area contributed by atoms with Gasteiger partial charge in [-0.2, -0.15) is 0 Å². The summed E-state index contributed by atoms with van der Waals surface area (Å²) < 4.78 is 11.1. The quantitative estimate of drug-likeness (QED) is 0.745. The summed E-state index contributed by atoms with van der Waals surface area (Å²) in [5.41, 5.74) is 2.56. The van der Waals surface area contributed by atoms with Crippen LogP contribution in [0.25, 0.3) is 6.08 Å². The summed E-state index contributed by atoms with van der Waals surface area (Å²) in [6.07, 6.45) is 1.36. The first kappa shape index (κ1) is 19.1. The number of amides is 1. The van der Waals surface area contributed by atoms with Gasteiger partial charge in [0, 0.05) is 6.92 Å². The van der Waals surface area contributed by atoms with E-state index in [2.05, 4.69) is 5.32 Å². The number of carboxylic acids is 1. The predicted octanol–water partition coefficient (Wildman–Crippen LogP) is 3.14. The number of ether oxygens (including phenoxy) is 2. The van der Waals surface area contributed by atoms with Gasteiger partial charge in [-0.25, -0.2) is 4.79 Å². The monoisotopic (exact) mass is 355 g/mol. The van der Waals surface area contributed by atoms with Gasteiger partial charge in [-0.15, -0.1) is 0 Å². The van der Waals surface area contributed by atoms with E-state index in [1.165, 1.54) is 25.7 Å². The van der Waals surface area contributed by atoms with Gasteiger partial charge in [-0.3, -0.25) is 4.79 Å². The molecule has 0 unspecified atom stereocenters. The van der Waals surface area contributed by atoms with Crippen LogP contribution >= 0.6 is 0 Å². The maximum Gasteiger partial charge on any atom is 0.352 e. The highest BCUT2D eigenvalue weighted by atomic mass is 16.5. The second-order valence-corrected chi connectivity index (χ2v) is 5.73. The number of benzene rings is 2. The molecule has 0 bridgehead atoms. The fourth-order valence-corrected chi connectivity index (χ4v) is 2.25. The molecule has 6 heteroatoms. The fraction of sp³-hybridized carbons (Fsp3) is 0.200. The van der Waals surface area contributed by atoms with Crippen molar-refractivity contribution in [3.63, 3.8) is 0 Å². The lowest BCUT2D eigenvalue weighted by Crippen LogP contribution is -2.24. The maximum atomic E-state index is 11.2. The van der Waals surface area contributed by atoms with E-state index in [1.54, 1.807) is 18.2 Å². The standard InChI is InChI=1S/C20H21NO5/c1-13-4-6-15(7-5-13)12-26-18-9-8-16(11-19(18)25-3)10-17(20(23)24)21-14(2)22/h4-11H,12H2,1-3H3,(H,21,22)(H,23,24). The second kappa shape index (κ2) is 8.71. The first-order chi connectivity index (χ1) is 12.4. The van der Waals surface area contributed by atoms with Crippen molar-refractivity contribution in [3.8, 4) is 11.5 Å². The Kier molecular flexibility index (Phi) is 6.38. The van der Waals surface area contributed by atoms with Crippen LogP contribution in [0.15, 0.2) is 48.2 Å². The molecule has 0 aromatic heterocycles. The van der Waals surface area contributed by atoms with Crippen LogP contribution in [0, 0.1) is 6.92 Å². The minimum atomic E-state index is -1.22. The minimum absolute atomic E-state index is 0.215. The summed E-state index contributed by atoms with van der Waals surface area (Å²) in [5.74, 6) is -0.664. The third kappa shape index (κ3) is 5.37. The van der Waals surface area contributed by atoms with E-state index in [0.717, 1.165) is 5.56 Å². The molecular weight excluding hydrogens is 334 g/mol. The van der Waals surface area contributed by atoms with Crippen LogP contribution in [0.4, 0.5) is 0 Å². The van der Waals surface area contributed by atoms with Crippen molar-refractivity contribution >= 4 is 18.0 Å². The highest BCUT2D eigenvalue weighted by Gasteiger charge is 2.11. The van der Waals surface area contributed by atoms with Crippen LogP contribution in [-0.4, -0.2) is 24.1 Å². The lowest BCUT2D eigenvalue weighted by molar-refractivity contribution is -0.134. The summed E-state index contributed by atoms with van der Waals surface area (Å²) in [6.45, 7) is 3.66. The molecule has 0 atom stereocenters. The molecule has 0 aliphatic carbocycles. The van der Waals surface area contributed by atoms with Crippen molar-refractivity contribution in [3.05, 3.63) is 64.9 Å². The number of nitrogens with one attached hydrogen (secondary N) is 1. The zero-order chi connectivity index (χ0) is 19.1. The molecule has 0 aliphatic heterocycles. The van der Waals surface area contributed by atoms with Crippen molar-refractivity contribution in [2.75, 3.05) is 7.11 Å². The summed E-state index contributed by atoms with van der Waals surface area (Å²) in [7, 11) is 1.51. The van der Waals surface area contributed by atoms with Crippen molar-refractivity contribution in [2.24, 2.45) is 0 Å². The lowest BCUT2D eigenvalue weighted by atomic mass is 10.1. The third-order valence-electron chi connectivity index (χ3n) is 3.55. The highest BCUT2D eigenvalue weighted by molar-refractivity contribution is 5.96. The van der Waals surface area contributed by atoms with Crippen LogP contribution in [0.5, 0.6) is 11.5 Å². The van der Waals surface area contributed by atoms with Crippen LogP contribution < -0.4 is 14.8 Å². The molecule has 2 rings (SSSR count). The number of carboxylic acid groups (broad SMARTS) is 1. The van der Waals surface area contributed by atoms with Crippen molar-refractivity contribution < 1.29 is 24.2 Å². The van der Waals surface area contributed by atoms with Gasteiger partial charge >= 0.3 is 5.97 Å². The number of carbonyl (C=O) groups excluding carboxylic acids is 1. The molecule has 6 nitrogen and oxygen atoms in total. The van der Waals surface area contributed by atoms with E-state index in [4.69, 9.17) is 14.6 Å². The van der Waals surface area contributed by atoms with Crippen molar-refractivity contribution in [1.29, 1.82) is 0 Å². The number of hydrogen-bond acceptors (Lipinski definition) is 4. The minimum Gasteiger partial charge on any atom is -0.493 e. The largest absolute Gasteiger partial charge is 0.493 e. The number of hydrogen-bond donors (Lipinski definition) is 2. The van der Waals surface area contributed by atoms with Crippen LogP contribution in [0.3, 0.4) is 0 Å². The smallest absolute Gasteiger partial charge is 0.352 e. The normalized spacial score (nSPS) is 11.0. The van der Waals surface area contributed by atoms with Gasteiger partial charge in [0.15, 0.2) is 11.5 Å². The molecule has 0 aliphatic rings. The zero-order valence-corrected chi connectivity index (χ0v) is 14.9. The SMILES string of the molecule is COc1cc(C=C(NC(C)=O)C(=O)O)ccc1OCc1ccc(C)cc1. The molecule has 1 amide bonds. The van der Waals surface area contributed by atoms with E-state index in [9.17, 15) is 9.59 Å². The Balaban J connectivity index is 2.19. The molecule has 0 saturated heterocycles. The Morgan fingerprint density at radius 2 is 1.81 bits per heavy atom. The molecule has 0 fully saturated rings.